The van der Waals surface area contributed by atoms with Crippen molar-refractivity contribution >= 4 is 16.7 Å². The van der Waals surface area contributed by atoms with Gasteiger partial charge in [0.2, 0.25) is 5.91 Å². The van der Waals surface area contributed by atoms with Crippen LogP contribution in [0.1, 0.15) is 31.2 Å². The minimum absolute atomic E-state index is 0.193. The summed E-state index contributed by atoms with van der Waals surface area (Å²) in [7, 11) is 0. The maximum atomic E-state index is 13.5. The van der Waals surface area contributed by atoms with Gasteiger partial charge in [0.1, 0.15) is 6.33 Å². The number of fused-ring (bicyclic) bond motifs is 1. The molecule has 0 atom stereocenters. The van der Waals surface area contributed by atoms with E-state index in [0.717, 1.165) is 35.2 Å². The maximum Gasteiger partial charge on any atom is 0.227 e. The molecule has 0 spiro atoms. The van der Waals surface area contributed by atoms with Gasteiger partial charge in [0.15, 0.2) is 5.82 Å². The molecule has 2 aromatic carbocycles. The van der Waals surface area contributed by atoms with Crippen molar-refractivity contribution in [3.8, 4) is 11.4 Å². The Morgan fingerprint density at radius 2 is 1.78 bits per heavy atom. The molecule has 0 saturated heterocycles. The lowest BCUT2D eigenvalue weighted by atomic mass is 10.0. The van der Waals surface area contributed by atoms with Gasteiger partial charge in [-0.25, -0.2) is 9.67 Å². The molecule has 1 saturated carbocycles. The second-order valence-electron chi connectivity index (χ2n) is 8.38. The largest absolute Gasteiger partial charge is 0.338 e. The van der Waals surface area contributed by atoms with E-state index in [4.69, 9.17) is 0 Å². The maximum absolute atomic E-state index is 13.5. The van der Waals surface area contributed by atoms with Crippen LogP contribution in [-0.4, -0.2) is 43.1 Å². The molecule has 1 aliphatic carbocycles. The van der Waals surface area contributed by atoms with E-state index in [1.807, 2.05) is 35.0 Å². The molecular weight excluding hydrogens is 398 g/mol. The van der Waals surface area contributed by atoms with Crippen molar-refractivity contribution in [2.45, 2.75) is 44.7 Å². The first-order valence-electron chi connectivity index (χ1n) is 11.3. The lowest BCUT2D eigenvalue weighted by Crippen LogP contribution is -2.42. The molecule has 6 heteroatoms. The van der Waals surface area contributed by atoms with E-state index in [-0.39, 0.29) is 5.91 Å². The zero-order valence-electron chi connectivity index (χ0n) is 18.1. The van der Waals surface area contributed by atoms with E-state index >= 15 is 0 Å². The lowest BCUT2D eigenvalue weighted by Gasteiger charge is -2.29. The van der Waals surface area contributed by atoms with Crippen LogP contribution in [0.5, 0.6) is 0 Å². The standard InChI is InChI=1S/C26H27N5O/c32-25(18-22-8-5-7-20-6-1-4-11-24(20)22)30(23-9-2-3-10-23)16-17-31-26(28-19-29-31)21-12-14-27-15-13-21/h1,4-8,11-15,19,23H,2-3,9-10,16-18H2. The summed E-state index contributed by atoms with van der Waals surface area (Å²) in [6.07, 6.45) is 10.0. The third-order valence-electron chi connectivity index (χ3n) is 6.41. The third-order valence-corrected chi connectivity index (χ3v) is 6.41. The van der Waals surface area contributed by atoms with Gasteiger partial charge in [-0.15, -0.1) is 0 Å². The zero-order chi connectivity index (χ0) is 21.8. The Balaban J connectivity index is 1.36. The van der Waals surface area contributed by atoms with E-state index in [1.54, 1.807) is 18.7 Å². The Kier molecular flexibility index (Phi) is 5.92. The van der Waals surface area contributed by atoms with Gasteiger partial charge in [0.05, 0.1) is 13.0 Å². The number of rotatable bonds is 7. The second kappa shape index (κ2) is 9.30. The monoisotopic (exact) mass is 425 g/mol. The van der Waals surface area contributed by atoms with E-state index in [0.29, 0.717) is 25.6 Å². The fourth-order valence-corrected chi connectivity index (χ4v) is 4.79. The minimum Gasteiger partial charge on any atom is -0.338 e. The molecular formula is C26H27N5O. The first-order valence-corrected chi connectivity index (χ1v) is 11.3. The summed E-state index contributed by atoms with van der Waals surface area (Å²) in [5.41, 5.74) is 2.07. The van der Waals surface area contributed by atoms with Crippen molar-refractivity contribution in [1.82, 2.24) is 24.6 Å². The summed E-state index contributed by atoms with van der Waals surface area (Å²) in [4.78, 5) is 24.1. The van der Waals surface area contributed by atoms with Gasteiger partial charge < -0.3 is 4.90 Å². The fraction of sp³-hybridized carbons (Fsp3) is 0.308. The Morgan fingerprint density at radius 1 is 1.00 bits per heavy atom. The Hall–Kier alpha value is -3.54. The number of pyridine rings is 1. The van der Waals surface area contributed by atoms with Crippen LogP contribution in [0.3, 0.4) is 0 Å². The summed E-state index contributed by atoms with van der Waals surface area (Å²) >= 11 is 0. The van der Waals surface area contributed by atoms with Crippen LogP contribution in [0.2, 0.25) is 0 Å². The van der Waals surface area contributed by atoms with Crippen LogP contribution in [0.25, 0.3) is 22.2 Å². The van der Waals surface area contributed by atoms with Crippen LogP contribution in [0.4, 0.5) is 0 Å². The molecule has 0 radical (unpaired) electrons. The number of nitrogens with zero attached hydrogens (tertiary/aromatic N) is 5. The zero-order valence-corrected chi connectivity index (χ0v) is 18.1. The molecule has 5 rings (SSSR count). The van der Waals surface area contributed by atoms with Crippen LogP contribution in [0.15, 0.2) is 73.3 Å². The number of benzene rings is 2. The van der Waals surface area contributed by atoms with E-state index in [1.165, 1.54) is 18.2 Å². The van der Waals surface area contributed by atoms with Crippen molar-refractivity contribution in [3.63, 3.8) is 0 Å². The fourth-order valence-electron chi connectivity index (χ4n) is 4.79. The highest BCUT2D eigenvalue weighted by Gasteiger charge is 2.27. The molecule has 2 aromatic heterocycles. The van der Waals surface area contributed by atoms with Crippen molar-refractivity contribution in [1.29, 1.82) is 0 Å². The summed E-state index contributed by atoms with van der Waals surface area (Å²) < 4.78 is 1.89. The number of aromatic nitrogens is 4. The predicted molar refractivity (Wildman–Crippen MR) is 125 cm³/mol. The first-order chi connectivity index (χ1) is 15.8. The quantitative estimate of drug-likeness (QED) is 0.437. The topological polar surface area (TPSA) is 63.9 Å². The molecule has 6 nitrogen and oxygen atoms in total. The molecule has 4 aromatic rings. The number of amides is 1. The Bertz CT molecular complexity index is 1190. The smallest absolute Gasteiger partial charge is 0.227 e. The molecule has 1 amide bonds. The van der Waals surface area contributed by atoms with E-state index in [2.05, 4.69) is 44.2 Å². The van der Waals surface area contributed by atoms with Crippen LogP contribution in [0, 0.1) is 0 Å². The van der Waals surface area contributed by atoms with Gasteiger partial charge in [-0.1, -0.05) is 55.3 Å². The molecule has 32 heavy (non-hydrogen) atoms. The second-order valence-corrected chi connectivity index (χ2v) is 8.38. The van der Waals surface area contributed by atoms with Gasteiger partial charge in [0, 0.05) is 30.5 Å². The predicted octanol–water partition coefficient (Wildman–Crippen LogP) is 4.51. The number of carbonyl (C=O) groups is 1. The molecule has 1 fully saturated rings. The highest BCUT2D eigenvalue weighted by molar-refractivity contribution is 5.90. The molecule has 1 aliphatic rings. The lowest BCUT2D eigenvalue weighted by molar-refractivity contribution is -0.132. The average Bonchev–Trinajstić information content (AvgIpc) is 3.53. The van der Waals surface area contributed by atoms with Crippen molar-refractivity contribution in [3.05, 3.63) is 78.9 Å². The SMILES string of the molecule is O=C(Cc1cccc2ccccc12)N(CCn1ncnc1-c1ccncc1)C1CCCC1. The van der Waals surface area contributed by atoms with Crippen LogP contribution in [-0.2, 0) is 17.8 Å². The van der Waals surface area contributed by atoms with Crippen molar-refractivity contribution in [2.75, 3.05) is 6.54 Å². The van der Waals surface area contributed by atoms with Crippen molar-refractivity contribution in [2.24, 2.45) is 0 Å². The van der Waals surface area contributed by atoms with Crippen molar-refractivity contribution < 1.29 is 4.79 Å². The van der Waals surface area contributed by atoms with Gasteiger partial charge in [0.25, 0.3) is 0 Å². The Morgan fingerprint density at radius 3 is 2.62 bits per heavy atom. The highest BCUT2D eigenvalue weighted by Crippen LogP contribution is 2.26. The number of hydrogen-bond acceptors (Lipinski definition) is 4. The molecule has 0 N–H and O–H groups in total. The summed E-state index contributed by atoms with van der Waals surface area (Å²) in [5, 5.41) is 6.76. The van der Waals surface area contributed by atoms with Crippen LogP contribution >= 0.6 is 0 Å². The number of hydrogen-bond donors (Lipinski definition) is 0. The minimum atomic E-state index is 0.193. The average molecular weight is 426 g/mol. The molecule has 162 valence electrons. The molecule has 0 bridgehead atoms. The van der Waals surface area contributed by atoms with Gasteiger partial charge >= 0.3 is 0 Å². The third kappa shape index (κ3) is 4.26. The first kappa shape index (κ1) is 20.4. The van der Waals surface area contributed by atoms with Gasteiger partial charge in [-0.05, 0) is 41.3 Å². The molecule has 0 aliphatic heterocycles. The highest BCUT2D eigenvalue weighted by atomic mass is 16.2. The Labute approximate surface area is 187 Å². The van der Waals surface area contributed by atoms with Gasteiger partial charge in [-0.3, -0.25) is 9.78 Å². The summed E-state index contributed by atoms with van der Waals surface area (Å²) in [6, 6.07) is 18.7. The van der Waals surface area contributed by atoms with Crippen LogP contribution < -0.4 is 0 Å². The normalized spacial score (nSPS) is 14.1. The summed E-state index contributed by atoms with van der Waals surface area (Å²) in [5.74, 6) is 0.999. The van der Waals surface area contributed by atoms with Gasteiger partial charge in [-0.2, -0.15) is 5.10 Å². The molecule has 2 heterocycles. The number of carbonyl (C=O) groups excluding carboxylic acids is 1. The van der Waals surface area contributed by atoms with E-state index < -0.39 is 0 Å². The van der Waals surface area contributed by atoms with E-state index in [9.17, 15) is 4.79 Å². The summed E-state index contributed by atoms with van der Waals surface area (Å²) in [6.45, 7) is 1.26. The molecule has 0 unspecified atom stereocenters.